The van der Waals surface area contributed by atoms with E-state index in [2.05, 4.69) is 13.9 Å². The second kappa shape index (κ2) is 4.27. The van der Waals surface area contributed by atoms with E-state index in [1.54, 1.807) is 4.90 Å². The van der Waals surface area contributed by atoms with Crippen molar-refractivity contribution in [3.05, 3.63) is 23.8 Å². The van der Waals surface area contributed by atoms with E-state index < -0.39 is 0 Å². The molecule has 0 aliphatic carbocycles. The Balaban J connectivity index is 2.38. The summed E-state index contributed by atoms with van der Waals surface area (Å²) in [7, 11) is 2.07. The number of anilines is 1. The summed E-state index contributed by atoms with van der Waals surface area (Å²) < 4.78 is 0. The van der Waals surface area contributed by atoms with E-state index in [0.717, 1.165) is 25.1 Å². The SMILES string of the molecule is Bc1ccc2c(c1)CCCN2C(=O)CCl. The van der Waals surface area contributed by atoms with Crippen molar-refractivity contribution in [2.45, 2.75) is 12.8 Å². The first-order valence-corrected chi connectivity index (χ1v) is 5.71. The highest BCUT2D eigenvalue weighted by Gasteiger charge is 2.21. The number of fused-ring (bicyclic) bond motifs is 1. The topological polar surface area (TPSA) is 20.3 Å². The Hall–Kier alpha value is -0.955. The van der Waals surface area contributed by atoms with Crippen molar-refractivity contribution in [2.24, 2.45) is 0 Å². The van der Waals surface area contributed by atoms with Gasteiger partial charge in [-0.1, -0.05) is 17.6 Å². The maximum atomic E-state index is 11.6. The molecule has 0 fully saturated rings. The van der Waals surface area contributed by atoms with Gasteiger partial charge in [0, 0.05) is 12.2 Å². The van der Waals surface area contributed by atoms with Crippen LogP contribution in [0.1, 0.15) is 12.0 Å². The first-order valence-electron chi connectivity index (χ1n) is 5.18. The van der Waals surface area contributed by atoms with Gasteiger partial charge in [-0.05, 0) is 24.5 Å². The molecule has 0 radical (unpaired) electrons. The van der Waals surface area contributed by atoms with Crippen LogP contribution in [0.25, 0.3) is 0 Å². The predicted octanol–water partition coefficient (Wildman–Crippen LogP) is 0.463. The molecular weight excluding hydrogens is 208 g/mol. The zero-order valence-corrected chi connectivity index (χ0v) is 9.55. The Kier molecular flexibility index (Phi) is 3.01. The van der Waals surface area contributed by atoms with E-state index in [1.165, 1.54) is 11.0 Å². The third-order valence-electron chi connectivity index (χ3n) is 2.77. The number of carbonyl (C=O) groups is 1. The first-order chi connectivity index (χ1) is 7.22. The average Bonchev–Trinajstić information content (AvgIpc) is 2.26. The molecule has 4 heteroatoms. The molecule has 0 N–H and O–H groups in total. The standard InChI is InChI=1S/C11H13BClNO/c12-9-3-4-10-8(6-9)2-1-5-14(10)11(15)7-13/h3-4,6H,1-2,5,7,12H2. The Morgan fingerprint density at radius 3 is 3.07 bits per heavy atom. The molecule has 1 heterocycles. The van der Waals surface area contributed by atoms with Crippen molar-refractivity contribution in [1.29, 1.82) is 0 Å². The number of hydrogen-bond acceptors (Lipinski definition) is 1. The summed E-state index contributed by atoms with van der Waals surface area (Å²) in [6, 6.07) is 6.22. The third-order valence-corrected chi connectivity index (χ3v) is 3.00. The van der Waals surface area contributed by atoms with Crippen LogP contribution in [-0.2, 0) is 11.2 Å². The molecule has 0 bridgehead atoms. The molecule has 1 aromatic carbocycles. The summed E-state index contributed by atoms with van der Waals surface area (Å²) in [6.07, 6.45) is 2.09. The summed E-state index contributed by atoms with van der Waals surface area (Å²) in [5.41, 5.74) is 3.55. The fourth-order valence-corrected chi connectivity index (χ4v) is 2.20. The van der Waals surface area contributed by atoms with E-state index in [-0.39, 0.29) is 11.8 Å². The van der Waals surface area contributed by atoms with Crippen LogP contribution in [0.4, 0.5) is 5.69 Å². The van der Waals surface area contributed by atoms with Crippen molar-refractivity contribution in [2.75, 3.05) is 17.3 Å². The van der Waals surface area contributed by atoms with Crippen LogP contribution in [0.5, 0.6) is 0 Å². The van der Waals surface area contributed by atoms with E-state index in [0.29, 0.717) is 0 Å². The van der Waals surface area contributed by atoms with Crippen LogP contribution < -0.4 is 10.4 Å². The average molecular weight is 221 g/mol. The Morgan fingerprint density at radius 2 is 2.33 bits per heavy atom. The van der Waals surface area contributed by atoms with Crippen LogP contribution >= 0.6 is 11.6 Å². The number of alkyl halides is 1. The molecule has 0 saturated carbocycles. The molecule has 1 aliphatic heterocycles. The minimum absolute atomic E-state index is 0.00136. The van der Waals surface area contributed by atoms with Crippen LogP contribution in [0.15, 0.2) is 18.2 Å². The second-order valence-corrected chi connectivity index (χ2v) is 4.18. The van der Waals surface area contributed by atoms with Crippen molar-refractivity contribution < 1.29 is 4.79 Å². The zero-order chi connectivity index (χ0) is 10.8. The smallest absolute Gasteiger partial charge is 0.241 e. The molecule has 1 aliphatic rings. The molecule has 78 valence electrons. The Bertz CT molecular complexity index is 394. The van der Waals surface area contributed by atoms with Gasteiger partial charge >= 0.3 is 0 Å². The lowest BCUT2D eigenvalue weighted by Crippen LogP contribution is -2.36. The molecule has 2 rings (SSSR count). The van der Waals surface area contributed by atoms with Crippen LogP contribution in [-0.4, -0.2) is 26.2 Å². The molecule has 0 spiro atoms. The highest BCUT2D eigenvalue weighted by Crippen LogP contribution is 2.26. The highest BCUT2D eigenvalue weighted by molar-refractivity contribution is 6.32. The van der Waals surface area contributed by atoms with Gasteiger partial charge in [0.15, 0.2) is 0 Å². The van der Waals surface area contributed by atoms with Crippen LogP contribution in [0.3, 0.4) is 0 Å². The van der Waals surface area contributed by atoms with Gasteiger partial charge in [-0.15, -0.1) is 11.6 Å². The fourth-order valence-electron chi connectivity index (χ4n) is 2.06. The molecule has 1 aromatic rings. The zero-order valence-electron chi connectivity index (χ0n) is 8.79. The van der Waals surface area contributed by atoms with Gasteiger partial charge in [0.25, 0.3) is 0 Å². The summed E-state index contributed by atoms with van der Waals surface area (Å²) in [5, 5.41) is 0. The van der Waals surface area contributed by atoms with Gasteiger partial charge in [0.2, 0.25) is 5.91 Å². The van der Waals surface area contributed by atoms with E-state index in [9.17, 15) is 4.79 Å². The maximum Gasteiger partial charge on any atom is 0.241 e. The van der Waals surface area contributed by atoms with E-state index >= 15 is 0 Å². The molecule has 15 heavy (non-hydrogen) atoms. The lowest BCUT2D eigenvalue weighted by molar-refractivity contribution is -0.116. The molecule has 1 amide bonds. The minimum atomic E-state index is 0.00136. The van der Waals surface area contributed by atoms with Crippen molar-refractivity contribution >= 4 is 36.5 Å². The van der Waals surface area contributed by atoms with Crippen molar-refractivity contribution in [1.82, 2.24) is 0 Å². The number of rotatable bonds is 1. The number of benzene rings is 1. The predicted molar refractivity (Wildman–Crippen MR) is 66.0 cm³/mol. The van der Waals surface area contributed by atoms with Gasteiger partial charge in [-0.2, -0.15) is 0 Å². The number of carbonyl (C=O) groups excluding carboxylic acids is 1. The molecule has 0 atom stereocenters. The van der Waals surface area contributed by atoms with E-state index in [4.69, 9.17) is 11.6 Å². The van der Waals surface area contributed by atoms with Gasteiger partial charge in [-0.3, -0.25) is 4.79 Å². The largest absolute Gasteiger partial charge is 0.311 e. The van der Waals surface area contributed by atoms with E-state index in [1.807, 2.05) is 12.1 Å². The van der Waals surface area contributed by atoms with Gasteiger partial charge < -0.3 is 4.90 Å². The number of halogens is 1. The minimum Gasteiger partial charge on any atom is -0.311 e. The summed E-state index contributed by atoms with van der Waals surface area (Å²) in [5.74, 6) is 0.0642. The summed E-state index contributed by atoms with van der Waals surface area (Å²) in [6.45, 7) is 0.793. The summed E-state index contributed by atoms with van der Waals surface area (Å²) >= 11 is 5.59. The normalized spacial score (nSPS) is 14.9. The van der Waals surface area contributed by atoms with Crippen LogP contribution in [0.2, 0.25) is 0 Å². The van der Waals surface area contributed by atoms with Crippen molar-refractivity contribution in [3.63, 3.8) is 0 Å². The lowest BCUT2D eigenvalue weighted by atomic mass is 9.90. The monoisotopic (exact) mass is 221 g/mol. The number of amides is 1. The van der Waals surface area contributed by atoms with Gasteiger partial charge in [0.1, 0.15) is 13.7 Å². The van der Waals surface area contributed by atoms with Gasteiger partial charge in [0.05, 0.1) is 0 Å². The van der Waals surface area contributed by atoms with Crippen LogP contribution in [0, 0.1) is 0 Å². The molecule has 0 unspecified atom stereocenters. The number of aryl methyl sites for hydroxylation is 1. The fraction of sp³-hybridized carbons (Fsp3) is 0.364. The maximum absolute atomic E-state index is 11.6. The molecule has 0 saturated heterocycles. The molecule has 2 nitrogen and oxygen atoms in total. The Labute approximate surface area is 95.6 Å². The lowest BCUT2D eigenvalue weighted by Gasteiger charge is -2.29. The second-order valence-electron chi connectivity index (χ2n) is 3.91. The summed E-state index contributed by atoms with van der Waals surface area (Å²) in [4.78, 5) is 13.4. The highest BCUT2D eigenvalue weighted by atomic mass is 35.5. The molecular formula is C11H13BClNO. The molecule has 0 aromatic heterocycles. The quantitative estimate of drug-likeness (QED) is 0.498. The van der Waals surface area contributed by atoms with Crippen molar-refractivity contribution in [3.8, 4) is 0 Å². The number of nitrogens with zero attached hydrogens (tertiary/aromatic N) is 1. The Morgan fingerprint density at radius 1 is 1.53 bits per heavy atom. The van der Waals surface area contributed by atoms with Gasteiger partial charge in [-0.25, -0.2) is 0 Å². The number of hydrogen-bond donors (Lipinski definition) is 0. The third kappa shape index (κ3) is 2.02. The first kappa shape index (κ1) is 10.6.